The van der Waals surface area contributed by atoms with E-state index in [0.29, 0.717) is 34.5 Å². The maximum absolute atomic E-state index is 11.5. The monoisotopic (exact) mass is 440 g/mol. The molecule has 4 aliphatic carbocycles. The lowest BCUT2D eigenvalue weighted by molar-refractivity contribution is -0.139. The average molecular weight is 441 g/mol. The van der Waals surface area contributed by atoms with Crippen molar-refractivity contribution in [2.75, 3.05) is 0 Å². The minimum atomic E-state index is -0.629. The molecule has 1 unspecified atom stereocenters. The Hall–Kier alpha value is -1.05. The minimum Gasteiger partial charge on any atom is -0.481 e. The van der Waals surface area contributed by atoms with E-state index in [2.05, 4.69) is 53.9 Å². The van der Waals surface area contributed by atoms with Gasteiger partial charge in [-0.25, -0.2) is 0 Å². The van der Waals surface area contributed by atoms with E-state index in [4.69, 9.17) is 0 Å². The van der Waals surface area contributed by atoms with Crippen LogP contribution in [0.15, 0.2) is 24.8 Å². The maximum atomic E-state index is 11.5. The molecule has 180 valence electrons. The third-order valence-corrected chi connectivity index (χ3v) is 12.1. The third-order valence-electron chi connectivity index (χ3n) is 12.1. The molecule has 0 saturated heterocycles. The summed E-state index contributed by atoms with van der Waals surface area (Å²) in [6.45, 7) is 20.9. The second-order valence-electron chi connectivity index (χ2n) is 13.2. The van der Waals surface area contributed by atoms with Crippen LogP contribution >= 0.6 is 0 Å². The lowest BCUT2D eigenvalue weighted by Gasteiger charge is -2.61. The molecule has 1 spiro atoms. The summed E-state index contributed by atoms with van der Waals surface area (Å²) >= 11 is 0. The van der Waals surface area contributed by atoms with Gasteiger partial charge in [0, 0.05) is 6.42 Å². The van der Waals surface area contributed by atoms with Crippen molar-refractivity contribution in [1.82, 2.24) is 0 Å². The molecule has 4 saturated carbocycles. The summed E-state index contributed by atoms with van der Waals surface area (Å²) in [5.41, 5.74) is 2.84. The highest BCUT2D eigenvalue weighted by Crippen LogP contribution is 2.87. The van der Waals surface area contributed by atoms with E-state index in [1.165, 1.54) is 63.4 Å². The molecular weight excluding hydrogens is 392 g/mol. The van der Waals surface area contributed by atoms with Crippen LogP contribution in [-0.2, 0) is 4.79 Å². The average Bonchev–Trinajstić information content (AvgIpc) is 3.34. The van der Waals surface area contributed by atoms with E-state index in [-0.39, 0.29) is 5.41 Å². The Balaban J connectivity index is 1.56. The summed E-state index contributed by atoms with van der Waals surface area (Å²) in [7, 11) is 0. The number of rotatable bonds is 9. The predicted octanol–water partition coefficient (Wildman–Crippen LogP) is 8.28. The molecule has 32 heavy (non-hydrogen) atoms. The third kappa shape index (κ3) is 3.21. The molecule has 4 aliphatic rings. The molecule has 2 heteroatoms. The zero-order chi connectivity index (χ0) is 23.5. The molecule has 0 aromatic rings. The predicted molar refractivity (Wildman–Crippen MR) is 133 cm³/mol. The summed E-state index contributed by atoms with van der Waals surface area (Å²) in [4.78, 5) is 11.5. The zero-order valence-electron chi connectivity index (χ0n) is 21.5. The summed E-state index contributed by atoms with van der Waals surface area (Å²) in [6.07, 6.45) is 15.0. The van der Waals surface area contributed by atoms with Crippen LogP contribution in [0.2, 0.25) is 0 Å². The summed E-state index contributed by atoms with van der Waals surface area (Å²) in [5, 5.41) is 9.46. The van der Waals surface area contributed by atoms with Crippen LogP contribution in [0.3, 0.4) is 0 Å². The van der Waals surface area contributed by atoms with Crippen molar-refractivity contribution in [2.24, 2.45) is 51.2 Å². The largest absolute Gasteiger partial charge is 0.481 e. The molecule has 0 bridgehead atoms. The molecule has 4 rings (SSSR count). The van der Waals surface area contributed by atoms with E-state index >= 15 is 0 Å². The van der Waals surface area contributed by atoms with Crippen LogP contribution in [0.5, 0.6) is 0 Å². The van der Waals surface area contributed by atoms with Gasteiger partial charge in [-0.1, -0.05) is 52.8 Å². The van der Waals surface area contributed by atoms with Crippen LogP contribution in [0.25, 0.3) is 0 Å². The van der Waals surface area contributed by atoms with Gasteiger partial charge in [-0.2, -0.15) is 0 Å². The molecular formula is C30H48O2. The Morgan fingerprint density at radius 2 is 1.78 bits per heavy atom. The second kappa shape index (κ2) is 8.02. The number of carbonyl (C=O) groups is 1. The number of fused-ring (bicyclic) bond motifs is 2. The Morgan fingerprint density at radius 1 is 1.06 bits per heavy atom. The van der Waals surface area contributed by atoms with E-state index in [9.17, 15) is 9.90 Å². The van der Waals surface area contributed by atoms with Crippen molar-refractivity contribution in [1.29, 1.82) is 0 Å². The van der Waals surface area contributed by atoms with Gasteiger partial charge < -0.3 is 5.11 Å². The maximum Gasteiger partial charge on any atom is 0.303 e. The van der Waals surface area contributed by atoms with Gasteiger partial charge >= 0.3 is 5.97 Å². The molecule has 0 aliphatic heterocycles. The molecule has 4 fully saturated rings. The molecule has 0 aromatic carbocycles. The van der Waals surface area contributed by atoms with Gasteiger partial charge in [-0.05, 0) is 115 Å². The van der Waals surface area contributed by atoms with Gasteiger partial charge in [-0.3, -0.25) is 4.79 Å². The van der Waals surface area contributed by atoms with Crippen LogP contribution in [0, 0.1) is 51.2 Å². The van der Waals surface area contributed by atoms with Crippen LogP contribution in [0.1, 0.15) is 105 Å². The van der Waals surface area contributed by atoms with E-state index < -0.39 is 5.97 Å². The molecule has 8 atom stereocenters. The molecule has 0 amide bonds. The SMILES string of the molecule is C=C[C@@H]1CC[C@@H]2[C@]3(CC[C@]4(C)[C@@H](C(C)CCC(=C)C(C)C)CC[C@@]24C)C[C@]13CCC(=O)O. The molecule has 0 radical (unpaired) electrons. The van der Waals surface area contributed by atoms with Crippen molar-refractivity contribution in [3.63, 3.8) is 0 Å². The summed E-state index contributed by atoms with van der Waals surface area (Å²) in [6, 6.07) is 0. The Labute approximate surface area is 197 Å². The summed E-state index contributed by atoms with van der Waals surface area (Å²) in [5.74, 6) is 2.82. The lowest BCUT2D eigenvalue weighted by atomic mass is 9.44. The highest BCUT2D eigenvalue weighted by atomic mass is 16.4. The fourth-order valence-corrected chi connectivity index (χ4v) is 9.85. The van der Waals surface area contributed by atoms with E-state index in [1.807, 2.05) is 0 Å². The van der Waals surface area contributed by atoms with Gasteiger partial charge in [0.15, 0.2) is 0 Å². The number of hydrogen-bond donors (Lipinski definition) is 1. The van der Waals surface area contributed by atoms with Gasteiger partial charge in [0.25, 0.3) is 0 Å². The first-order valence-corrected chi connectivity index (χ1v) is 13.5. The smallest absolute Gasteiger partial charge is 0.303 e. The first-order valence-electron chi connectivity index (χ1n) is 13.5. The number of hydrogen-bond acceptors (Lipinski definition) is 1. The van der Waals surface area contributed by atoms with Crippen molar-refractivity contribution in [3.8, 4) is 0 Å². The Kier molecular flexibility index (Phi) is 6.04. The number of carboxylic acid groups (broad SMARTS) is 1. The molecule has 0 heterocycles. The van der Waals surface area contributed by atoms with E-state index in [1.54, 1.807) is 0 Å². The molecule has 2 nitrogen and oxygen atoms in total. The lowest BCUT2D eigenvalue weighted by Crippen LogP contribution is -2.54. The van der Waals surface area contributed by atoms with E-state index in [0.717, 1.165) is 24.2 Å². The van der Waals surface area contributed by atoms with Crippen LogP contribution < -0.4 is 0 Å². The topological polar surface area (TPSA) is 37.3 Å². The minimum absolute atomic E-state index is 0.221. The van der Waals surface area contributed by atoms with Gasteiger partial charge in [0.2, 0.25) is 0 Å². The van der Waals surface area contributed by atoms with Crippen molar-refractivity contribution >= 4 is 5.97 Å². The fraction of sp³-hybridized carbons (Fsp3) is 0.833. The van der Waals surface area contributed by atoms with Gasteiger partial charge in [-0.15, -0.1) is 6.58 Å². The van der Waals surface area contributed by atoms with Crippen molar-refractivity contribution < 1.29 is 9.90 Å². The number of carboxylic acids is 1. The highest BCUT2D eigenvalue weighted by molar-refractivity contribution is 5.67. The Morgan fingerprint density at radius 3 is 2.41 bits per heavy atom. The molecule has 0 aromatic heterocycles. The summed E-state index contributed by atoms with van der Waals surface area (Å²) < 4.78 is 0. The van der Waals surface area contributed by atoms with Crippen molar-refractivity contribution in [3.05, 3.63) is 24.8 Å². The number of aliphatic carboxylic acids is 1. The second-order valence-corrected chi connectivity index (χ2v) is 13.2. The fourth-order valence-electron chi connectivity index (χ4n) is 9.85. The first kappa shape index (κ1) is 24.1. The Bertz CT molecular complexity index is 782. The standard InChI is InChI=1S/C30H48O2/c1-8-23-11-12-25-28(7)15-13-24(22(5)10-9-21(4)20(2)3)27(28,6)17-18-30(25)19-29(23,30)16-14-26(31)32/h8,20,22-25H,1,4,9-19H2,2-3,5-7H3,(H,31,32)/t22?,23-,24-,25+,27-,28+,29-,30+/m1/s1. The van der Waals surface area contributed by atoms with Gasteiger partial charge in [0.05, 0.1) is 0 Å². The quantitative estimate of drug-likeness (QED) is 0.366. The first-order chi connectivity index (χ1) is 15.0. The number of allylic oxidation sites excluding steroid dienone is 2. The normalized spacial score (nSPS) is 45.5. The zero-order valence-corrected chi connectivity index (χ0v) is 21.5. The van der Waals surface area contributed by atoms with Crippen LogP contribution in [-0.4, -0.2) is 11.1 Å². The van der Waals surface area contributed by atoms with Crippen LogP contribution in [0.4, 0.5) is 0 Å². The molecule has 1 N–H and O–H groups in total. The van der Waals surface area contributed by atoms with Gasteiger partial charge in [0.1, 0.15) is 0 Å². The van der Waals surface area contributed by atoms with Crippen molar-refractivity contribution in [2.45, 2.75) is 105 Å². The highest BCUT2D eigenvalue weighted by Gasteiger charge is 2.79.